The quantitative estimate of drug-likeness (QED) is 0.742. The predicted octanol–water partition coefficient (Wildman–Crippen LogP) is 2.69. The summed E-state index contributed by atoms with van der Waals surface area (Å²) in [4.78, 5) is 8.08. The van der Waals surface area contributed by atoms with Crippen LogP contribution in [0, 0.1) is 6.92 Å². The van der Waals surface area contributed by atoms with Crippen LogP contribution in [0.3, 0.4) is 0 Å². The van der Waals surface area contributed by atoms with Gasteiger partial charge in [0, 0.05) is 5.69 Å². The Kier molecular flexibility index (Phi) is 4.31. The van der Waals surface area contributed by atoms with Gasteiger partial charge in [-0.25, -0.2) is 18.4 Å². The van der Waals surface area contributed by atoms with E-state index in [-0.39, 0.29) is 10.7 Å². The Morgan fingerprint density at radius 2 is 2.00 bits per heavy atom. The first-order chi connectivity index (χ1) is 9.29. The van der Waals surface area contributed by atoms with Crippen molar-refractivity contribution in [3.8, 4) is 0 Å². The third kappa shape index (κ3) is 3.28. The van der Waals surface area contributed by atoms with Gasteiger partial charge in [-0.1, -0.05) is 0 Å². The molecule has 0 unspecified atom stereocenters. The number of aromatic nitrogens is 2. The fourth-order valence-corrected chi connectivity index (χ4v) is 3.56. The summed E-state index contributed by atoms with van der Waals surface area (Å²) in [5.74, 6) is 0.114. The smallest absolute Gasteiger partial charge is 0.263 e. The molecule has 1 aromatic carbocycles. The monoisotopic (exact) mass is 420 g/mol. The maximum absolute atomic E-state index is 12.2. The zero-order chi connectivity index (χ0) is 14.9. The fourth-order valence-electron chi connectivity index (χ4n) is 1.42. The molecule has 0 fully saturated rings. The number of nitrogens with two attached hydrogens (primary N) is 1. The maximum Gasteiger partial charge on any atom is 0.263 e. The zero-order valence-electron chi connectivity index (χ0n) is 10.3. The number of sulfonamides is 1. The average Bonchev–Trinajstić information content (AvgIpc) is 2.36. The van der Waals surface area contributed by atoms with Crippen LogP contribution >= 0.6 is 31.9 Å². The van der Waals surface area contributed by atoms with E-state index < -0.39 is 10.0 Å². The van der Waals surface area contributed by atoms with Crippen molar-refractivity contribution in [3.63, 3.8) is 0 Å². The van der Waals surface area contributed by atoms with Gasteiger partial charge in [0.25, 0.3) is 10.0 Å². The van der Waals surface area contributed by atoms with Crippen molar-refractivity contribution in [1.29, 1.82) is 0 Å². The summed E-state index contributed by atoms with van der Waals surface area (Å²) in [6.45, 7) is 1.74. The van der Waals surface area contributed by atoms with Gasteiger partial charge in [-0.3, -0.25) is 4.72 Å². The van der Waals surface area contributed by atoms with E-state index in [1.807, 2.05) is 0 Å². The van der Waals surface area contributed by atoms with Crippen molar-refractivity contribution in [1.82, 2.24) is 9.97 Å². The third-order valence-electron chi connectivity index (χ3n) is 2.48. The summed E-state index contributed by atoms with van der Waals surface area (Å²) in [7, 11) is -3.74. The standard InChI is InChI=1S/C11H10Br2N4O2S/c1-6-4-7(2-3-8(6)14)20(18,19)17-11-10(13)16-9(12)5-15-11/h2-5H,14H2,1H3,(H,15,17). The van der Waals surface area contributed by atoms with Crippen molar-refractivity contribution in [2.24, 2.45) is 0 Å². The minimum Gasteiger partial charge on any atom is -0.399 e. The molecule has 0 aliphatic heterocycles. The van der Waals surface area contributed by atoms with Crippen molar-refractivity contribution >= 4 is 53.4 Å². The van der Waals surface area contributed by atoms with Gasteiger partial charge in [0.05, 0.1) is 11.1 Å². The summed E-state index contributed by atoms with van der Waals surface area (Å²) in [5, 5.41) is 0. The minimum atomic E-state index is -3.74. The molecule has 0 saturated heterocycles. The van der Waals surface area contributed by atoms with E-state index in [1.54, 1.807) is 13.0 Å². The number of rotatable bonds is 3. The lowest BCUT2D eigenvalue weighted by Gasteiger charge is -2.09. The number of hydrogen-bond acceptors (Lipinski definition) is 5. The second-order valence-corrected chi connectivity index (χ2v) is 7.20. The second kappa shape index (κ2) is 5.66. The van der Waals surface area contributed by atoms with Crippen molar-refractivity contribution in [2.75, 3.05) is 10.5 Å². The van der Waals surface area contributed by atoms with E-state index >= 15 is 0 Å². The number of hydrogen-bond donors (Lipinski definition) is 2. The lowest BCUT2D eigenvalue weighted by atomic mass is 10.2. The van der Waals surface area contributed by atoms with Crippen LogP contribution in [0.1, 0.15) is 5.56 Å². The molecule has 0 bridgehead atoms. The highest BCUT2D eigenvalue weighted by Crippen LogP contribution is 2.24. The van der Waals surface area contributed by atoms with Crippen molar-refractivity contribution in [2.45, 2.75) is 11.8 Å². The Bertz CT molecular complexity index is 765. The summed E-state index contributed by atoms with van der Waals surface area (Å²) in [6, 6.07) is 4.48. The molecule has 0 aliphatic rings. The molecule has 0 radical (unpaired) electrons. The Morgan fingerprint density at radius 3 is 2.60 bits per heavy atom. The molecule has 0 spiro atoms. The average molecular weight is 422 g/mol. The van der Waals surface area contributed by atoms with Crippen LogP contribution in [0.5, 0.6) is 0 Å². The van der Waals surface area contributed by atoms with Crippen LogP contribution < -0.4 is 10.5 Å². The van der Waals surface area contributed by atoms with Gasteiger partial charge >= 0.3 is 0 Å². The molecule has 6 nitrogen and oxygen atoms in total. The van der Waals surface area contributed by atoms with E-state index in [0.29, 0.717) is 20.5 Å². The topological polar surface area (TPSA) is 98.0 Å². The largest absolute Gasteiger partial charge is 0.399 e. The minimum absolute atomic E-state index is 0.112. The van der Waals surface area contributed by atoms with Crippen LogP contribution in [-0.2, 0) is 10.0 Å². The Hall–Kier alpha value is -1.19. The van der Waals surface area contributed by atoms with Crippen LogP contribution in [0.15, 0.2) is 38.5 Å². The number of anilines is 2. The molecule has 9 heteroatoms. The van der Waals surface area contributed by atoms with Crippen LogP contribution in [0.25, 0.3) is 0 Å². The molecule has 1 heterocycles. The number of halogens is 2. The lowest BCUT2D eigenvalue weighted by molar-refractivity contribution is 0.601. The Balaban J connectivity index is 2.38. The van der Waals surface area contributed by atoms with E-state index in [9.17, 15) is 8.42 Å². The molecule has 2 rings (SSSR count). The Labute approximate surface area is 133 Å². The predicted molar refractivity (Wildman–Crippen MR) is 83.8 cm³/mol. The number of nitrogens with zero attached hydrogens (tertiary/aromatic N) is 2. The van der Waals surface area contributed by atoms with Crippen molar-refractivity contribution in [3.05, 3.63) is 39.2 Å². The van der Waals surface area contributed by atoms with Gasteiger partial charge in [0.15, 0.2) is 10.4 Å². The van der Waals surface area contributed by atoms with Gasteiger partial charge < -0.3 is 5.73 Å². The number of aryl methyl sites for hydroxylation is 1. The molecular formula is C11H10Br2N4O2S. The maximum atomic E-state index is 12.2. The highest BCUT2D eigenvalue weighted by atomic mass is 79.9. The van der Waals surface area contributed by atoms with E-state index in [4.69, 9.17) is 5.73 Å². The van der Waals surface area contributed by atoms with Gasteiger partial charge in [0.1, 0.15) is 4.60 Å². The number of nitrogens with one attached hydrogen (secondary N) is 1. The van der Waals surface area contributed by atoms with Gasteiger partial charge in [-0.05, 0) is 62.5 Å². The van der Waals surface area contributed by atoms with Crippen LogP contribution in [0.2, 0.25) is 0 Å². The molecular weight excluding hydrogens is 412 g/mol. The molecule has 0 aliphatic carbocycles. The molecule has 20 heavy (non-hydrogen) atoms. The van der Waals surface area contributed by atoms with Gasteiger partial charge in [0.2, 0.25) is 0 Å². The van der Waals surface area contributed by atoms with Crippen LogP contribution in [0.4, 0.5) is 11.5 Å². The highest BCUT2D eigenvalue weighted by molar-refractivity contribution is 9.11. The number of nitrogen functional groups attached to an aromatic ring is 1. The molecule has 3 N–H and O–H groups in total. The van der Waals surface area contributed by atoms with E-state index in [0.717, 1.165) is 0 Å². The summed E-state index contributed by atoms with van der Waals surface area (Å²) >= 11 is 6.29. The molecule has 1 aromatic heterocycles. The third-order valence-corrected chi connectivity index (χ3v) is 4.75. The first-order valence-electron chi connectivity index (χ1n) is 5.36. The molecule has 0 atom stereocenters. The SMILES string of the molecule is Cc1cc(S(=O)(=O)Nc2ncc(Br)nc2Br)ccc1N. The lowest BCUT2D eigenvalue weighted by Crippen LogP contribution is -2.15. The summed E-state index contributed by atoms with van der Waals surface area (Å²) in [6.07, 6.45) is 1.40. The first kappa shape index (κ1) is 15.2. The summed E-state index contributed by atoms with van der Waals surface area (Å²) in [5.41, 5.74) is 6.90. The van der Waals surface area contributed by atoms with E-state index in [2.05, 4.69) is 46.5 Å². The van der Waals surface area contributed by atoms with E-state index in [1.165, 1.54) is 18.3 Å². The van der Waals surface area contributed by atoms with Gasteiger partial charge in [-0.2, -0.15) is 0 Å². The highest BCUT2D eigenvalue weighted by Gasteiger charge is 2.17. The number of benzene rings is 1. The second-order valence-electron chi connectivity index (χ2n) is 3.96. The fraction of sp³-hybridized carbons (Fsp3) is 0.0909. The van der Waals surface area contributed by atoms with Crippen molar-refractivity contribution < 1.29 is 8.42 Å². The molecule has 0 saturated carbocycles. The molecule has 2 aromatic rings. The molecule has 106 valence electrons. The molecule has 0 amide bonds. The first-order valence-corrected chi connectivity index (χ1v) is 8.43. The Morgan fingerprint density at radius 1 is 1.30 bits per heavy atom. The van der Waals surface area contributed by atoms with Gasteiger partial charge in [-0.15, -0.1) is 0 Å². The zero-order valence-corrected chi connectivity index (χ0v) is 14.3. The summed E-state index contributed by atoms with van der Waals surface area (Å²) < 4.78 is 27.7. The van der Waals surface area contributed by atoms with Crippen LogP contribution in [-0.4, -0.2) is 18.4 Å². The normalized spacial score (nSPS) is 11.3.